The summed E-state index contributed by atoms with van der Waals surface area (Å²) in [5.74, 6) is 0.631. The lowest BCUT2D eigenvalue weighted by atomic mass is 10.1. The Morgan fingerprint density at radius 1 is 1.16 bits per heavy atom. The van der Waals surface area contributed by atoms with Crippen LogP contribution in [0.1, 0.15) is 19.4 Å². The van der Waals surface area contributed by atoms with Gasteiger partial charge in [-0.2, -0.15) is 0 Å². The molecule has 0 aliphatic rings. The number of amides is 1. The number of aryl methyl sites for hydroxylation is 1. The summed E-state index contributed by atoms with van der Waals surface area (Å²) < 4.78 is 0. The summed E-state index contributed by atoms with van der Waals surface area (Å²) in [4.78, 5) is 16.8. The van der Waals surface area contributed by atoms with Gasteiger partial charge in [0.15, 0.2) is 5.82 Å². The second-order valence-electron chi connectivity index (χ2n) is 5.63. The first-order chi connectivity index (χ1) is 12.2. The van der Waals surface area contributed by atoms with Gasteiger partial charge in [-0.1, -0.05) is 61.2 Å². The predicted octanol–water partition coefficient (Wildman–Crippen LogP) is 4.15. The van der Waals surface area contributed by atoms with Gasteiger partial charge in [-0.3, -0.25) is 9.89 Å². The van der Waals surface area contributed by atoms with Gasteiger partial charge in [0.2, 0.25) is 11.1 Å². The Hall–Kier alpha value is -2.60. The van der Waals surface area contributed by atoms with Crippen LogP contribution < -0.4 is 5.32 Å². The fourth-order valence-corrected chi connectivity index (χ4v) is 3.03. The number of thioether (sulfide) groups is 1. The minimum absolute atomic E-state index is 0.0692. The molecule has 0 radical (unpaired) electrons. The highest BCUT2D eigenvalue weighted by molar-refractivity contribution is 8.00. The maximum Gasteiger partial charge on any atom is 0.237 e. The molecule has 5 nitrogen and oxygen atoms in total. The Kier molecular flexibility index (Phi) is 5.50. The van der Waals surface area contributed by atoms with Crippen LogP contribution in [0.4, 0.5) is 5.69 Å². The number of nitrogens with one attached hydrogen (secondary N) is 2. The van der Waals surface area contributed by atoms with E-state index in [4.69, 9.17) is 0 Å². The number of benzene rings is 2. The molecule has 25 heavy (non-hydrogen) atoms. The van der Waals surface area contributed by atoms with Gasteiger partial charge in [-0.05, 0) is 31.0 Å². The van der Waals surface area contributed by atoms with Crippen LogP contribution in [-0.2, 0) is 11.2 Å². The summed E-state index contributed by atoms with van der Waals surface area (Å²) in [6.45, 7) is 3.95. The number of aromatic amines is 1. The minimum atomic E-state index is -0.301. The van der Waals surface area contributed by atoms with Crippen LogP contribution in [0.3, 0.4) is 0 Å². The van der Waals surface area contributed by atoms with Crippen LogP contribution in [-0.4, -0.2) is 26.3 Å². The number of H-pyrrole nitrogens is 1. The molecule has 0 fully saturated rings. The molecule has 128 valence electrons. The third-order valence-electron chi connectivity index (χ3n) is 3.79. The molecule has 1 heterocycles. The van der Waals surface area contributed by atoms with Gasteiger partial charge in [0.25, 0.3) is 0 Å². The normalized spacial score (nSPS) is 11.9. The Morgan fingerprint density at radius 2 is 1.88 bits per heavy atom. The quantitative estimate of drug-likeness (QED) is 0.654. The number of hydrogen-bond acceptors (Lipinski definition) is 4. The van der Waals surface area contributed by atoms with E-state index in [2.05, 4.69) is 27.4 Å². The lowest BCUT2D eigenvalue weighted by molar-refractivity contribution is -0.115. The number of anilines is 1. The third kappa shape index (κ3) is 4.48. The van der Waals surface area contributed by atoms with E-state index in [1.165, 1.54) is 17.3 Å². The molecule has 0 aliphatic heterocycles. The molecule has 1 atom stereocenters. The van der Waals surface area contributed by atoms with E-state index in [9.17, 15) is 4.79 Å². The zero-order chi connectivity index (χ0) is 17.6. The van der Waals surface area contributed by atoms with Gasteiger partial charge in [0, 0.05) is 11.3 Å². The van der Waals surface area contributed by atoms with E-state index in [0.29, 0.717) is 11.0 Å². The van der Waals surface area contributed by atoms with Gasteiger partial charge >= 0.3 is 0 Å². The van der Waals surface area contributed by atoms with E-state index in [1.807, 2.05) is 61.5 Å². The summed E-state index contributed by atoms with van der Waals surface area (Å²) in [6.07, 6.45) is 0.981. The number of rotatable bonds is 6. The number of carbonyl (C=O) groups excluding carboxylic acids is 1. The molecule has 3 rings (SSSR count). The van der Waals surface area contributed by atoms with E-state index >= 15 is 0 Å². The average Bonchev–Trinajstić information content (AvgIpc) is 3.11. The maximum atomic E-state index is 12.4. The molecule has 0 bridgehead atoms. The smallest absolute Gasteiger partial charge is 0.237 e. The van der Waals surface area contributed by atoms with Crippen molar-refractivity contribution in [2.75, 3.05) is 5.32 Å². The van der Waals surface area contributed by atoms with Crippen LogP contribution in [0, 0.1) is 0 Å². The van der Waals surface area contributed by atoms with Crippen LogP contribution in [0.25, 0.3) is 11.4 Å². The highest BCUT2D eigenvalue weighted by atomic mass is 32.2. The summed E-state index contributed by atoms with van der Waals surface area (Å²) in [7, 11) is 0. The van der Waals surface area contributed by atoms with Crippen molar-refractivity contribution in [3.63, 3.8) is 0 Å². The monoisotopic (exact) mass is 352 g/mol. The van der Waals surface area contributed by atoms with Crippen LogP contribution in [0.2, 0.25) is 0 Å². The molecule has 0 saturated carbocycles. The number of hydrogen-bond donors (Lipinski definition) is 2. The van der Waals surface area contributed by atoms with Gasteiger partial charge in [-0.25, -0.2) is 4.98 Å². The van der Waals surface area contributed by atoms with Crippen LogP contribution in [0.5, 0.6) is 0 Å². The van der Waals surface area contributed by atoms with Gasteiger partial charge in [0.1, 0.15) is 0 Å². The largest absolute Gasteiger partial charge is 0.325 e. The first-order valence-electron chi connectivity index (χ1n) is 8.20. The molecule has 0 spiro atoms. The maximum absolute atomic E-state index is 12.4. The topological polar surface area (TPSA) is 70.7 Å². The Bertz CT molecular complexity index is 830. The van der Waals surface area contributed by atoms with Gasteiger partial charge in [-0.15, -0.1) is 5.10 Å². The first-order valence-corrected chi connectivity index (χ1v) is 9.08. The molecule has 0 saturated heterocycles. The van der Waals surface area contributed by atoms with Crippen molar-refractivity contribution in [3.8, 4) is 11.4 Å². The number of nitrogens with zero attached hydrogens (tertiary/aromatic N) is 2. The lowest BCUT2D eigenvalue weighted by Crippen LogP contribution is -2.22. The van der Waals surface area contributed by atoms with E-state index < -0.39 is 0 Å². The molecule has 1 amide bonds. The average molecular weight is 352 g/mol. The molecule has 1 unspecified atom stereocenters. The fourth-order valence-electron chi connectivity index (χ4n) is 2.30. The molecular weight excluding hydrogens is 332 g/mol. The zero-order valence-corrected chi connectivity index (χ0v) is 15.0. The van der Waals surface area contributed by atoms with Crippen molar-refractivity contribution in [3.05, 3.63) is 60.2 Å². The zero-order valence-electron chi connectivity index (χ0n) is 14.2. The van der Waals surface area contributed by atoms with Crippen molar-refractivity contribution in [2.24, 2.45) is 0 Å². The van der Waals surface area contributed by atoms with Crippen LogP contribution >= 0.6 is 11.8 Å². The van der Waals surface area contributed by atoms with E-state index in [1.54, 1.807) is 0 Å². The summed E-state index contributed by atoms with van der Waals surface area (Å²) in [5.41, 5.74) is 3.01. The molecule has 2 N–H and O–H groups in total. The number of aromatic nitrogens is 3. The molecule has 3 aromatic rings. The van der Waals surface area contributed by atoms with E-state index in [-0.39, 0.29) is 11.2 Å². The van der Waals surface area contributed by atoms with Crippen molar-refractivity contribution in [1.82, 2.24) is 15.2 Å². The van der Waals surface area contributed by atoms with Crippen LogP contribution in [0.15, 0.2) is 59.8 Å². The Balaban J connectivity index is 1.60. The Morgan fingerprint density at radius 3 is 2.56 bits per heavy atom. The summed E-state index contributed by atoms with van der Waals surface area (Å²) in [6, 6.07) is 17.7. The summed E-state index contributed by atoms with van der Waals surface area (Å²) in [5, 5.41) is 10.3. The fraction of sp³-hybridized carbons (Fsp3) is 0.211. The van der Waals surface area contributed by atoms with Crippen molar-refractivity contribution in [1.29, 1.82) is 0 Å². The molecular formula is C19H20N4OS. The highest BCUT2D eigenvalue weighted by Crippen LogP contribution is 2.23. The second-order valence-corrected chi connectivity index (χ2v) is 6.94. The summed E-state index contributed by atoms with van der Waals surface area (Å²) >= 11 is 1.33. The molecule has 0 aliphatic carbocycles. The highest BCUT2D eigenvalue weighted by Gasteiger charge is 2.17. The van der Waals surface area contributed by atoms with E-state index in [0.717, 1.165) is 17.7 Å². The minimum Gasteiger partial charge on any atom is -0.325 e. The standard InChI is InChI=1S/C19H20N4OS/c1-3-14-9-11-16(12-10-14)20-18(24)13(2)25-19-21-17(22-23-19)15-7-5-4-6-8-15/h4-13H,3H2,1-2H3,(H,20,24)(H,21,22,23). The second kappa shape index (κ2) is 7.98. The number of carbonyl (C=O) groups is 1. The SMILES string of the molecule is CCc1ccc(NC(=O)C(C)Sc2n[nH]c(-c3ccccc3)n2)cc1. The molecule has 2 aromatic carbocycles. The molecule has 1 aromatic heterocycles. The predicted molar refractivity (Wildman–Crippen MR) is 102 cm³/mol. The third-order valence-corrected chi connectivity index (χ3v) is 4.75. The van der Waals surface area contributed by atoms with Crippen molar-refractivity contribution < 1.29 is 4.79 Å². The molecule has 6 heteroatoms. The lowest BCUT2D eigenvalue weighted by Gasteiger charge is -2.10. The van der Waals surface area contributed by atoms with Crippen molar-refractivity contribution >= 4 is 23.4 Å². The first kappa shape index (κ1) is 17.2. The Labute approximate surface area is 151 Å². The van der Waals surface area contributed by atoms with Gasteiger partial charge in [0.05, 0.1) is 5.25 Å². The van der Waals surface area contributed by atoms with Gasteiger partial charge < -0.3 is 5.32 Å². The van der Waals surface area contributed by atoms with Crippen molar-refractivity contribution in [2.45, 2.75) is 30.7 Å².